The molecular formula is C9H16O2. The molecule has 1 heterocycles. The van der Waals surface area contributed by atoms with Crippen LogP contribution in [-0.4, -0.2) is 24.4 Å². The minimum Gasteiger partial charge on any atom is -0.391 e. The molecule has 0 unspecified atom stereocenters. The molecule has 0 aliphatic carbocycles. The van der Waals surface area contributed by atoms with Gasteiger partial charge in [0.1, 0.15) is 0 Å². The summed E-state index contributed by atoms with van der Waals surface area (Å²) < 4.78 is 5.06. The van der Waals surface area contributed by atoms with E-state index < -0.39 is 0 Å². The number of aliphatic hydroxyl groups is 1. The summed E-state index contributed by atoms with van der Waals surface area (Å²) in [4.78, 5) is 0. The van der Waals surface area contributed by atoms with Crippen LogP contribution in [0.2, 0.25) is 0 Å². The molecule has 0 amide bonds. The molecule has 0 aromatic heterocycles. The van der Waals surface area contributed by atoms with Crippen molar-refractivity contribution in [1.82, 2.24) is 0 Å². The summed E-state index contributed by atoms with van der Waals surface area (Å²) in [5.74, 6) is 2.25. The highest BCUT2D eigenvalue weighted by molar-refractivity contribution is 4.73. The molecule has 64 valence electrons. The Morgan fingerprint density at radius 2 is 2.18 bits per heavy atom. The van der Waals surface area contributed by atoms with Crippen LogP contribution in [0.5, 0.6) is 0 Å². The van der Waals surface area contributed by atoms with Gasteiger partial charge in [0.25, 0.3) is 0 Å². The van der Waals surface area contributed by atoms with E-state index in [1.54, 1.807) is 6.92 Å². The summed E-state index contributed by atoms with van der Waals surface area (Å²) in [5, 5.41) is 8.96. The smallest absolute Gasteiger partial charge is 0.0773 e. The average Bonchev–Trinajstić information content (AvgIpc) is 2.18. The van der Waals surface area contributed by atoms with Gasteiger partial charge in [-0.3, -0.25) is 0 Å². The van der Waals surface area contributed by atoms with Gasteiger partial charge >= 0.3 is 0 Å². The first kappa shape index (κ1) is 10.5. The molecule has 2 nitrogen and oxygen atoms in total. The summed E-state index contributed by atoms with van der Waals surface area (Å²) in [5.41, 5.74) is 0. The third-order valence-electron chi connectivity index (χ3n) is 1.39. The number of terminal acetylenes is 1. The molecule has 1 rings (SSSR count). The number of hydrogen-bond donors (Lipinski definition) is 1. The van der Waals surface area contributed by atoms with E-state index in [1.807, 2.05) is 0 Å². The predicted molar refractivity (Wildman–Crippen MR) is 45.2 cm³/mol. The predicted octanol–water partition coefficient (Wildman–Crippen LogP) is 1.19. The van der Waals surface area contributed by atoms with Crippen molar-refractivity contribution in [3.63, 3.8) is 0 Å². The van der Waals surface area contributed by atoms with E-state index in [2.05, 4.69) is 12.3 Å². The van der Waals surface area contributed by atoms with E-state index in [-0.39, 0.29) is 6.10 Å². The molecule has 1 fully saturated rings. The lowest BCUT2D eigenvalue weighted by atomic mass is 10.2. The van der Waals surface area contributed by atoms with Gasteiger partial charge in [-0.15, -0.1) is 12.3 Å². The van der Waals surface area contributed by atoms with Crippen molar-refractivity contribution >= 4 is 0 Å². The molecule has 0 radical (unpaired) electrons. The van der Waals surface area contributed by atoms with Crippen LogP contribution in [0.15, 0.2) is 0 Å². The van der Waals surface area contributed by atoms with Crippen LogP contribution in [0.3, 0.4) is 0 Å². The second-order valence-corrected chi connectivity index (χ2v) is 2.51. The van der Waals surface area contributed by atoms with E-state index in [4.69, 9.17) is 9.84 Å². The molecule has 0 bridgehead atoms. The lowest BCUT2D eigenvalue weighted by molar-refractivity contribution is 0.0512. The Hall–Kier alpha value is -0.520. The van der Waals surface area contributed by atoms with Gasteiger partial charge in [-0.2, -0.15) is 0 Å². The maximum Gasteiger partial charge on any atom is 0.0773 e. The van der Waals surface area contributed by atoms with Gasteiger partial charge in [0.2, 0.25) is 0 Å². The van der Waals surface area contributed by atoms with E-state index in [0.29, 0.717) is 6.61 Å². The largest absolute Gasteiger partial charge is 0.391 e. The van der Waals surface area contributed by atoms with Crippen LogP contribution in [0.25, 0.3) is 0 Å². The molecular weight excluding hydrogens is 140 g/mol. The zero-order valence-corrected chi connectivity index (χ0v) is 7.05. The van der Waals surface area contributed by atoms with Gasteiger partial charge in [0.15, 0.2) is 0 Å². The fourth-order valence-electron chi connectivity index (χ4n) is 0.887. The van der Waals surface area contributed by atoms with Crippen molar-refractivity contribution in [2.24, 2.45) is 0 Å². The minimum absolute atomic E-state index is 0.197. The maximum atomic E-state index is 8.96. The Bertz CT molecular complexity index is 107. The third kappa shape index (κ3) is 7.38. The topological polar surface area (TPSA) is 29.5 Å². The van der Waals surface area contributed by atoms with E-state index >= 15 is 0 Å². The Kier molecular flexibility index (Phi) is 7.23. The summed E-state index contributed by atoms with van der Waals surface area (Å²) in [6.45, 7) is 3.02. The molecule has 1 saturated heterocycles. The molecule has 1 atom stereocenters. The Morgan fingerprint density at radius 3 is 2.82 bits per heavy atom. The third-order valence-corrected chi connectivity index (χ3v) is 1.39. The second-order valence-electron chi connectivity index (χ2n) is 2.51. The lowest BCUT2D eigenvalue weighted by Crippen LogP contribution is -2.11. The highest BCUT2D eigenvalue weighted by atomic mass is 16.5. The van der Waals surface area contributed by atoms with Gasteiger partial charge in [-0.05, 0) is 26.2 Å². The molecule has 1 aliphatic rings. The molecule has 0 spiro atoms. The standard InChI is InChI=1S/C6H12O2.C3H4/c7-6-3-1-2-4-8-5-6;1-3-2/h6-7H,1-5H2;1H,2H3/t6-;/m0./s1. The maximum absolute atomic E-state index is 8.96. The molecule has 1 aliphatic heterocycles. The Labute approximate surface area is 68.6 Å². The van der Waals surface area contributed by atoms with E-state index in [0.717, 1.165) is 25.9 Å². The molecule has 1 N–H and O–H groups in total. The summed E-state index contributed by atoms with van der Waals surface area (Å²) in [6, 6.07) is 0. The summed E-state index contributed by atoms with van der Waals surface area (Å²) >= 11 is 0. The number of aliphatic hydroxyl groups excluding tert-OH is 1. The highest BCUT2D eigenvalue weighted by Gasteiger charge is 2.06. The zero-order chi connectivity index (χ0) is 8.53. The van der Waals surface area contributed by atoms with Gasteiger partial charge in [0.05, 0.1) is 12.7 Å². The fourth-order valence-corrected chi connectivity index (χ4v) is 0.887. The summed E-state index contributed by atoms with van der Waals surface area (Å²) in [7, 11) is 0. The van der Waals surface area contributed by atoms with Gasteiger partial charge < -0.3 is 9.84 Å². The minimum atomic E-state index is -0.197. The first-order chi connectivity index (χ1) is 5.31. The van der Waals surface area contributed by atoms with E-state index in [1.165, 1.54) is 0 Å². The van der Waals surface area contributed by atoms with Crippen molar-refractivity contribution in [3.8, 4) is 12.3 Å². The van der Waals surface area contributed by atoms with E-state index in [9.17, 15) is 0 Å². The van der Waals surface area contributed by atoms with Crippen molar-refractivity contribution in [2.75, 3.05) is 13.2 Å². The first-order valence-corrected chi connectivity index (χ1v) is 3.94. The second kappa shape index (κ2) is 7.59. The zero-order valence-electron chi connectivity index (χ0n) is 7.05. The molecule has 2 heteroatoms. The Balaban J connectivity index is 0.000000292. The van der Waals surface area contributed by atoms with Crippen LogP contribution < -0.4 is 0 Å². The number of ether oxygens (including phenoxy) is 1. The van der Waals surface area contributed by atoms with Crippen LogP contribution in [0.4, 0.5) is 0 Å². The molecule has 0 aromatic rings. The van der Waals surface area contributed by atoms with Gasteiger partial charge in [0, 0.05) is 6.61 Å². The Morgan fingerprint density at radius 1 is 1.55 bits per heavy atom. The van der Waals surface area contributed by atoms with Crippen molar-refractivity contribution in [1.29, 1.82) is 0 Å². The lowest BCUT2D eigenvalue weighted by Gasteiger charge is -2.02. The molecule has 0 aromatic carbocycles. The van der Waals surface area contributed by atoms with Gasteiger partial charge in [-0.25, -0.2) is 0 Å². The number of hydrogen-bond acceptors (Lipinski definition) is 2. The molecule has 11 heavy (non-hydrogen) atoms. The van der Waals surface area contributed by atoms with Crippen LogP contribution in [-0.2, 0) is 4.74 Å². The highest BCUT2D eigenvalue weighted by Crippen LogP contribution is 2.06. The van der Waals surface area contributed by atoms with Crippen LogP contribution in [0.1, 0.15) is 26.2 Å². The monoisotopic (exact) mass is 156 g/mol. The average molecular weight is 156 g/mol. The quantitative estimate of drug-likeness (QED) is 0.534. The van der Waals surface area contributed by atoms with Crippen molar-refractivity contribution < 1.29 is 9.84 Å². The summed E-state index contributed by atoms with van der Waals surface area (Å²) in [6.07, 6.45) is 7.54. The molecule has 0 saturated carbocycles. The van der Waals surface area contributed by atoms with Crippen LogP contribution in [0, 0.1) is 12.3 Å². The SMILES string of the molecule is C#CC.O[C@H]1CCCCOC1. The van der Waals surface area contributed by atoms with Crippen molar-refractivity contribution in [3.05, 3.63) is 0 Å². The normalized spacial score (nSPS) is 23.9. The van der Waals surface area contributed by atoms with Crippen molar-refractivity contribution in [2.45, 2.75) is 32.3 Å². The number of rotatable bonds is 0. The fraction of sp³-hybridized carbons (Fsp3) is 0.778. The first-order valence-electron chi connectivity index (χ1n) is 3.94. The van der Waals surface area contributed by atoms with Gasteiger partial charge in [-0.1, -0.05) is 0 Å². The van der Waals surface area contributed by atoms with Crippen LogP contribution >= 0.6 is 0 Å².